The van der Waals surface area contributed by atoms with Gasteiger partial charge in [-0.1, -0.05) is 57.0 Å². The van der Waals surface area contributed by atoms with Crippen molar-refractivity contribution < 1.29 is 13.2 Å². The molecule has 1 aromatic heterocycles. The Hall–Kier alpha value is -1.54. The second-order valence-corrected chi connectivity index (χ2v) is 12.8. The Kier molecular flexibility index (Phi) is 7.50. The van der Waals surface area contributed by atoms with Crippen LogP contribution in [0.1, 0.15) is 58.8 Å². The zero-order chi connectivity index (χ0) is 22.7. The summed E-state index contributed by atoms with van der Waals surface area (Å²) in [5.74, 6) is 1.27. The molecule has 32 heavy (non-hydrogen) atoms. The molecule has 4 rings (SSSR count). The highest BCUT2D eigenvalue weighted by Gasteiger charge is 2.38. The number of benzene rings is 1. The van der Waals surface area contributed by atoms with Crippen molar-refractivity contribution in [3.8, 4) is 0 Å². The van der Waals surface area contributed by atoms with Gasteiger partial charge >= 0.3 is 0 Å². The van der Waals surface area contributed by atoms with Crippen LogP contribution in [0.5, 0.6) is 0 Å². The summed E-state index contributed by atoms with van der Waals surface area (Å²) < 4.78 is 26.5. The first-order valence-electron chi connectivity index (χ1n) is 11.9. The van der Waals surface area contributed by atoms with Crippen LogP contribution in [0.25, 0.3) is 11.0 Å². The lowest BCUT2D eigenvalue weighted by molar-refractivity contribution is -0.133. The Morgan fingerprint density at radius 2 is 1.91 bits per heavy atom. The molecule has 176 valence electrons. The number of hydrogen-bond acceptors (Lipinski definition) is 5. The van der Waals surface area contributed by atoms with E-state index in [-0.39, 0.29) is 29.5 Å². The van der Waals surface area contributed by atoms with Gasteiger partial charge in [0.05, 0.1) is 28.3 Å². The summed E-state index contributed by atoms with van der Waals surface area (Å²) in [6.07, 6.45) is 7.03. The second kappa shape index (κ2) is 10.2. The van der Waals surface area contributed by atoms with Gasteiger partial charge in [-0.25, -0.2) is 13.4 Å². The first-order chi connectivity index (χ1) is 15.3. The van der Waals surface area contributed by atoms with Crippen LogP contribution < -0.4 is 0 Å². The highest BCUT2D eigenvalue weighted by Crippen LogP contribution is 2.31. The number of thioether (sulfide) groups is 1. The predicted octanol–water partition coefficient (Wildman–Crippen LogP) is 4.52. The minimum atomic E-state index is -3.04. The number of nitrogens with zero attached hydrogens (tertiary/aromatic N) is 3. The van der Waals surface area contributed by atoms with Gasteiger partial charge < -0.3 is 9.47 Å². The molecule has 0 bridgehead atoms. The summed E-state index contributed by atoms with van der Waals surface area (Å²) in [6.45, 7) is 5.31. The average Bonchev–Trinajstić information content (AvgIpc) is 3.30. The van der Waals surface area contributed by atoms with Gasteiger partial charge in [-0.15, -0.1) is 0 Å². The zero-order valence-electron chi connectivity index (χ0n) is 19.2. The SMILES string of the molecule is CC(C)CCn1c(SCC(=O)N(C2CCCCC2)[C@@H]2CCS(=O)(=O)C2)nc2ccccc21. The van der Waals surface area contributed by atoms with Crippen LogP contribution in [0.15, 0.2) is 29.4 Å². The van der Waals surface area contributed by atoms with Gasteiger partial charge in [-0.3, -0.25) is 4.79 Å². The van der Waals surface area contributed by atoms with Crippen LogP contribution in [-0.2, 0) is 21.2 Å². The van der Waals surface area contributed by atoms with Crippen LogP contribution in [0.4, 0.5) is 0 Å². The van der Waals surface area contributed by atoms with E-state index >= 15 is 0 Å². The predicted molar refractivity (Wildman–Crippen MR) is 131 cm³/mol. The largest absolute Gasteiger partial charge is 0.335 e. The molecule has 2 fully saturated rings. The molecule has 1 aromatic carbocycles. The van der Waals surface area contributed by atoms with Gasteiger partial charge in [0.25, 0.3) is 0 Å². The summed E-state index contributed by atoms with van der Waals surface area (Å²) >= 11 is 1.49. The van der Waals surface area contributed by atoms with Crippen LogP contribution in [0.3, 0.4) is 0 Å². The minimum Gasteiger partial charge on any atom is -0.335 e. The molecule has 2 aromatic rings. The van der Waals surface area contributed by atoms with Crippen molar-refractivity contribution >= 4 is 38.5 Å². The molecule has 0 radical (unpaired) electrons. The first-order valence-corrected chi connectivity index (χ1v) is 14.7. The fraction of sp³-hybridized carbons (Fsp3) is 0.667. The molecule has 0 N–H and O–H groups in total. The smallest absolute Gasteiger partial charge is 0.233 e. The fourth-order valence-corrected chi connectivity index (χ4v) is 7.65. The summed E-state index contributed by atoms with van der Waals surface area (Å²) in [4.78, 5) is 20.3. The van der Waals surface area contributed by atoms with E-state index in [2.05, 4.69) is 24.5 Å². The standard InChI is InChI=1S/C24H35N3O3S2/c1-18(2)12-14-26-22-11-7-6-10-21(22)25-24(26)31-16-23(28)27(19-8-4-3-5-9-19)20-13-15-32(29,30)17-20/h6-7,10-11,18-20H,3-5,8-9,12-17H2,1-2H3/t20-/m1/s1. The average molecular weight is 478 g/mol. The molecule has 1 saturated carbocycles. The van der Waals surface area contributed by atoms with E-state index < -0.39 is 9.84 Å². The molecule has 0 unspecified atom stereocenters. The number of hydrogen-bond donors (Lipinski definition) is 0. The molecule has 1 aliphatic carbocycles. The topological polar surface area (TPSA) is 72.3 Å². The number of rotatable bonds is 8. The number of para-hydroxylation sites is 2. The third-order valence-corrected chi connectivity index (χ3v) is 9.44. The van der Waals surface area contributed by atoms with Crippen LogP contribution in [0.2, 0.25) is 0 Å². The lowest BCUT2D eigenvalue weighted by Gasteiger charge is -2.38. The molecule has 6 nitrogen and oxygen atoms in total. The van der Waals surface area contributed by atoms with E-state index in [1.165, 1.54) is 18.2 Å². The monoisotopic (exact) mass is 477 g/mol. The number of imidazole rings is 1. The van der Waals surface area contributed by atoms with Crippen molar-refractivity contribution in [2.75, 3.05) is 17.3 Å². The number of carbonyl (C=O) groups excluding carboxylic acids is 1. The van der Waals surface area contributed by atoms with E-state index in [9.17, 15) is 13.2 Å². The van der Waals surface area contributed by atoms with Gasteiger partial charge in [-0.2, -0.15) is 0 Å². The molecule has 1 amide bonds. The third-order valence-electron chi connectivity index (χ3n) is 6.73. The summed E-state index contributed by atoms with van der Waals surface area (Å²) in [6, 6.07) is 8.14. The molecular weight excluding hydrogens is 442 g/mol. The van der Waals surface area contributed by atoms with E-state index in [4.69, 9.17) is 4.98 Å². The van der Waals surface area contributed by atoms with Gasteiger partial charge in [-0.05, 0) is 43.7 Å². The number of aryl methyl sites for hydroxylation is 1. The lowest BCUT2D eigenvalue weighted by atomic mass is 9.93. The lowest BCUT2D eigenvalue weighted by Crippen LogP contribution is -2.49. The van der Waals surface area contributed by atoms with Crippen molar-refractivity contribution in [1.29, 1.82) is 0 Å². The quantitative estimate of drug-likeness (QED) is 0.523. The van der Waals surface area contributed by atoms with E-state index in [0.29, 0.717) is 18.1 Å². The number of fused-ring (bicyclic) bond motifs is 1. The normalized spacial score (nSPS) is 21.4. The highest BCUT2D eigenvalue weighted by atomic mass is 32.2. The summed E-state index contributed by atoms with van der Waals surface area (Å²) in [5, 5.41) is 0.878. The fourth-order valence-electron chi connectivity index (χ4n) is 5.03. The number of amides is 1. The number of sulfone groups is 1. The molecule has 2 heterocycles. The van der Waals surface area contributed by atoms with Crippen LogP contribution >= 0.6 is 11.8 Å². The Balaban J connectivity index is 1.52. The van der Waals surface area contributed by atoms with E-state index in [1.807, 2.05) is 23.1 Å². The van der Waals surface area contributed by atoms with Crippen molar-refractivity contribution in [3.63, 3.8) is 0 Å². The highest BCUT2D eigenvalue weighted by molar-refractivity contribution is 7.99. The summed E-state index contributed by atoms with van der Waals surface area (Å²) in [7, 11) is -3.04. The van der Waals surface area contributed by atoms with Crippen molar-refractivity contribution in [1.82, 2.24) is 14.5 Å². The molecule has 0 spiro atoms. The molecule has 8 heteroatoms. The summed E-state index contributed by atoms with van der Waals surface area (Å²) in [5.41, 5.74) is 2.06. The molecule has 2 aliphatic rings. The Morgan fingerprint density at radius 3 is 2.59 bits per heavy atom. The zero-order valence-corrected chi connectivity index (χ0v) is 20.8. The maximum Gasteiger partial charge on any atom is 0.233 e. The Morgan fingerprint density at radius 1 is 1.16 bits per heavy atom. The third kappa shape index (κ3) is 5.50. The van der Waals surface area contributed by atoms with Gasteiger partial charge in [0.15, 0.2) is 15.0 Å². The maximum atomic E-state index is 13.5. The molecule has 1 aliphatic heterocycles. The molecule has 1 saturated heterocycles. The van der Waals surface area contributed by atoms with Crippen molar-refractivity contribution in [2.45, 2.75) is 82.6 Å². The van der Waals surface area contributed by atoms with Gasteiger partial charge in [0.2, 0.25) is 5.91 Å². The van der Waals surface area contributed by atoms with Gasteiger partial charge in [0.1, 0.15) is 0 Å². The van der Waals surface area contributed by atoms with Crippen LogP contribution in [-0.4, -0.2) is 58.1 Å². The maximum absolute atomic E-state index is 13.5. The van der Waals surface area contributed by atoms with Crippen molar-refractivity contribution in [2.24, 2.45) is 5.92 Å². The van der Waals surface area contributed by atoms with Crippen molar-refractivity contribution in [3.05, 3.63) is 24.3 Å². The Bertz CT molecular complexity index is 1040. The Labute approximate surface area is 196 Å². The second-order valence-electron chi connectivity index (χ2n) is 9.66. The number of aromatic nitrogens is 2. The van der Waals surface area contributed by atoms with E-state index in [0.717, 1.165) is 54.8 Å². The first kappa shape index (κ1) is 23.6. The van der Waals surface area contributed by atoms with Crippen LogP contribution in [0, 0.1) is 5.92 Å². The molecule has 1 atom stereocenters. The number of carbonyl (C=O) groups is 1. The molecular formula is C24H35N3O3S2. The van der Waals surface area contributed by atoms with Gasteiger partial charge in [0, 0.05) is 18.6 Å². The van der Waals surface area contributed by atoms with E-state index in [1.54, 1.807) is 0 Å². The minimum absolute atomic E-state index is 0.0615.